The molecule has 0 aliphatic rings. The lowest BCUT2D eigenvalue weighted by atomic mass is 10.3. The molecular formula is C12H13F3N2. The van der Waals surface area contributed by atoms with Crippen molar-refractivity contribution in [1.82, 2.24) is 9.78 Å². The van der Waals surface area contributed by atoms with Crippen molar-refractivity contribution < 1.29 is 13.2 Å². The number of nitrogens with zero attached hydrogens (tertiary/aromatic N) is 2. The highest BCUT2D eigenvalue weighted by atomic mass is 19.4. The molecule has 0 radical (unpaired) electrons. The molecule has 0 bridgehead atoms. The van der Waals surface area contributed by atoms with Gasteiger partial charge in [-0.05, 0) is 25.5 Å². The van der Waals surface area contributed by atoms with E-state index >= 15 is 0 Å². The molecule has 0 unspecified atom stereocenters. The summed E-state index contributed by atoms with van der Waals surface area (Å²) in [4.78, 5) is 0. The molecule has 0 saturated carbocycles. The third kappa shape index (κ3) is 3.62. The highest BCUT2D eigenvalue weighted by molar-refractivity contribution is 5.34. The van der Waals surface area contributed by atoms with E-state index in [1.807, 2.05) is 13.0 Å². The van der Waals surface area contributed by atoms with Crippen molar-refractivity contribution in [3.8, 4) is 0 Å². The zero-order chi connectivity index (χ0) is 12.9. The summed E-state index contributed by atoms with van der Waals surface area (Å²) in [7, 11) is 0. The first kappa shape index (κ1) is 13.3. The lowest BCUT2D eigenvalue weighted by Crippen LogP contribution is -2.12. The van der Waals surface area contributed by atoms with Crippen LogP contribution < -0.4 is 0 Å². The first-order chi connectivity index (χ1) is 7.96. The summed E-state index contributed by atoms with van der Waals surface area (Å²) in [5.41, 5.74) is -0.632. The smallest absolute Gasteiger partial charge is 0.236 e. The molecule has 92 valence electrons. The predicted octanol–water partition coefficient (Wildman–Crippen LogP) is 3.81. The molecule has 1 heterocycles. The Balaban J connectivity index is 2.93. The number of rotatable bonds is 3. The van der Waals surface area contributed by atoms with Gasteiger partial charge in [0.05, 0.1) is 6.20 Å². The van der Waals surface area contributed by atoms with Gasteiger partial charge in [-0.2, -0.15) is 18.3 Å². The van der Waals surface area contributed by atoms with Crippen molar-refractivity contribution in [2.45, 2.75) is 20.0 Å². The van der Waals surface area contributed by atoms with Crippen LogP contribution in [0.15, 0.2) is 36.6 Å². The molecule has 1 aromatic heterocycles. The van der Waals surface area contributed by atoms with Gasteiger partial charge in [0.1, 0.15) is 5.69 Å². The summed E-state index contributed by atoms with van der Waals surface area (Å²) in [6.45, 7) is 3.24. The molecule has 0 atom stereocenters. The Bertz CT molecular complexity index is 451. The van der Waals surface area contributed by atoms with Crippen LogP contribution >= 0.6 is 0 Å². The van der Waals surface area contributed by atoms with Gasteiger partial charge >= 0.3 is 6.18 Å². The van der Waals surface area contributed by atoms with Gasteiger partial charge in [0.25, 0.3) is 0 Å². The second-order valence-electron chi connectivity index (χ2n) is 3.37. The SMILES string of the molecule is C\C=C/C=C\C=C\n1ncc(C)c1C(F)(F)F. The molecule has 0 saturated heterocycles. The molecule has 2 nitrogen and oxygen atoms in total. The largest absolute Gasteiger partial charge is 0.433 e. The Morgan fingerprint density at radius 2 is 1.82 bits per heavy atom. The van der Waals surface area contributed by atoms with Crippen LogP contribution in [0.4, 0.5) is 13.2 Å². The summed E-state index contributed by atoms with van der Waals surface area (Å²) in [6.07, 6.45) is 6.54. The zero-order valence-electron chi connectivity index (χ0n) is 9.57. The van der Waals surface area contributed by atoms with Gasteiger partial charge in [-0.25, -0.2) is 4.68 Å². The van der Waals surface area contributed by atoms with E-state index in [2.05, 4.69) is 5.10 Å². The average Bonchev–Trinajstić information content (AvgIpc) is 2.59. The zero-order valence-corrected chi connectivity index (χ0v) is 9.57. The fraction of sp³-hybridized carbons (Fsp3) is 0.250. The highest BCUT2D eigenvalue weighted by Crippen LogP contribution is 2.31. The first-order valence-electron chi connectivity index (χ1n) is 5.04. The molecule has 0 fully saturated rings. The minimum Gasteiger partial charge on any atom is -0.236 e. The van der Waals surface area contributed by atoms with Gasteiger partial charge in [-0.15, -0.1) is 0 Å². The molecule has 0 N–H and O–H groups in total. The minimum atomic E-state index is -4.39. The summed E-state index contributed by atoms with van der Waals surface area (Å²) in [5.74, 6) is 0. The van der Waals surface area contributed by atoms with Crippen LogP contribution in [0.25, 0.3) is 6.20 Å². The van der Waals surface area contributed by atoms with Crippen LogP contribution in [0.5, 0.6) is 0 Å². The molecule has 0 amide bonds. The third-order valence-corrected chi connectivity index (χ3v) is 2.00. The van der Waals surface area contributed by atoms with Gasteiger partial charge in [-0.1, -0.05) is 24.3 Å². The van der Waals surface area contributed by atoms with Crippen molar-refractivity contribution in [2.75, 3.05) is 0 Å². The monoisotopic (exact) mass is 242 g/mol. The Hall–Kier alpha value is -1.78. The van der Waals surface area contributed by atoms with Crippen molar-refractivity contribution in [2.24, 2.45) is 0 Å². The lowest BCUT2D eigenvalue weighted by Gasteiger charge is -2.07. The van der Waals surface area contributed by atoms with E-state index < -0.39 is 11.9 Å². The second kappa shape index (κ2) is 5.52. The number of hydrogen-bond donors (Lipinski definition) is 0. The molecule has 0 aliphatic heterocycles. The Morgan fingerprint density at radius 1 is 1.18 bits per heavy atom. The lowest BCUT2D eigenvalue weighted by molar-refractivity contribution is -0.142. The van der Waals surface area contributed by atoms with Crippen molar-refractivity contribution in [3.63, 3.8) is 0 Å². The Morgan fingerprint density at radius 3 is 2.41 bits per heavy atom. The summed E-state index contributed by atoms with van der Waals surface area (Å²) >= 11 is 0. The van der Waals surface area contributed by atoms with E-state index in [1.165, 1.54) is 25.4 Å². The Labute approximate surface area is 97.8 Å². The normalized spacial score (nSPS) is 13.5. The predicted molar refractivity (Wildman–Crippen MR) is 61.3 cm³/mol. The molecule has 0 aromatic carbocycles. The highest BCUT2D eigenvalue weighted by Gasteiger charge is 2.36. The van der Waals surface area contributed by atoms with E-state index in [0.29, 0.717) is 0 Å². The molecule has 5 heteroatoms. The van der Waals surface area contributed by atoms with E-state index in [-0.39, 0.29) is 5.56 Å². The summed E-state index contributed by atoms with van der Waals surface area (Å²) in [6, 6.07) is 0. The Kier molecular flexibility index (Phi) is 4.31. The fourth-order valence-corrected chi connectivity index (χ4v) is 1.29. The van der Waals surface area contributed by atoms with Gasteiger partial charge in [0.15, 0.2) is 0 Å². The number of halogens is 3. The van der Waals surface area contributed by atoms with Crippen molar-refractivity contribution in [3.05, 3.63) is 47.8 Å². The minimum absolute atomic E-state index is 0.111. The van der Waals surface area contributed by atoms with Gasteiger partial charge in [0.2, 0.25) is 0 Å². The van der Waals surface area contributed by atoms with Gasteiger partial charge in [-0.3, -0.25) is 0 Å². The molecule has 0 aliphatic carbocycles. The topological polar surface area (TPSA) is 17.8 Å². The van der Waals surface area contributed by atoms with E-state index in [0.717, 1.165) is 4.68 Å². The number of allylic oxidation sites excluding steroid dienone is 5. The summed E-state index contributed by atoms with van der Waals surface area (Å²) < 4.78 is 38.8. The van der Waals surface area contributed by atoms with Crippen molar-refractivity contribution >= 4 is 6.20 Å². The summed E-state index contributed by atoms with van der Waals surface area (Å²) in [5, 5.41) is 3.66. The van der Waals surface area contributed by atoms with E-state index in [4.69, 9.17) is 0 Å². The van der Waals surface area contributed by atoms with Crippen LogP contribution in [0.3, 0.4) is 0 Å². The van der Waals surface area contributed by atoms with Crippen LogP contribution in [-0.2, 0) is 6.18 Å². The third-order valence-electron chi connectivity index (χ3n) is 2.00. The molecule has 1 rings (SSSR count). The van der Waals surface area contributed by atoms with Crippen LogP contribution in [0, 0.1) is 6.92 Å². The maximum Gasteiger partial charge on any atom is 0.433 e. The van der Waals surface area contributed by atoms with Gasteiger partial charge in [0, 0.05) is 6.20 Å². The van der Waals surface area contributed by atoms with Crippen LogP contribution in [-0.4, -0.2) is 9.78 Å². The number of hydrogen-bond acceptors (Lipinski definition) is 1. The van der Waals surface area contributed by atoms with Gasteiger partial charge < -0.3 is 0 Å². The number of aromatic nitrogens is 2. The van der Waals surface area contributed by atoms with Crippen molar-refractivity contribution in [1.29, 1.82) is 0 Å². The van der Waals surface area contributed by atoms with Crippen LogP contribution in [0.2, 0.25) is 0 Å². The average molecular weight is 242 g/mol. The fourth-order valence-electron chi connectivity index (χ4n) is 1.29. The van der Waals surface area contributed by atoms with E-state index in [9.17, 15) is 13.2 Å². The number of alkyl halides is 3. The second-order valence-corrected chi connectivity index (χ2v) is 3.37. The number of aryl methyl sites for hydroxylation is 1. The van der Waals surface area contributed by atoms with E-state index in [1.54, 1.807) is 18.2 Å². The maximum absolute atomic E-state index is 12.6. The quantitative estimate of drug-likeness (QED) is 0.737. The standard InChI is InChI=1S/C12H13F3N2/c1-3-4-5-6-7-8-17-11(12(13,14)15)10(2)9-16-17/h3-9H,1-2H3/b4-3-,6-5-,8-7+. The van der Waals surface area contributed by atoms with Crippen LogP contribution in [0.1, 0.15) is 18.2 Å². The molecule has 0 spiro atoms. The maximum atomic E-state index is 12.6. The first-order valence-corrected chi connectivity index (χ1v) is 5.04. The molecule has 17 heavy (non-hydrogen) atoms. The molecular weight excluding hydrogens is 229 g/mol. The molecule has 1 aromatic rings.